The Balaban J connectivity index is 2.54. The lowest BCUT2D eigenvalue weighted by Crippen LogP contribution is -2.11. The van der Waals surface area contributed by atoms with Crippen LogP contribution in [-0.4, -0.2) is 21.0 Å². The highest BCUT2D eigenvalue weighted by molar-refractivity contribution is 5.77. The smallest absolute Gasteiger partial charge is 0.311 e. The third-order valence-corrected chi connectivity index (χ3v) is 2.64. The summed E-state index contributed by atoms with van der Waals surface area (Å²) < 4.78 is 0. The van der Waals surface area contributed by atoms with Crippen molar-refractivity contribution in [1.82, 2.24) is 9.97 Å². The van der Waals surface area contributed by atoms with Crippen molar-refractivity contribution in [3.63, 3.8) is 0 Å². The van der Waals surface area contributed by atoms with E-state index in [1.807, 2.05) is 13.8 Å². The van der Waals surface area contributed by atoms with Gasteiger partial charge in [-0.1, -0.05) is 0 Å². The summed E-state index contributed by atoms with van der Waals surface area (Å²) in [5, 5.41) is 9.00. The molecule has 0 saturated carbocycles. The van der Waals surface area contributed by atoms with E-state index >= 15 is 0 Å². The lowest BCUT2D eigenvalue weighted by atomic mass is 10.0. The molecule has 1 N–H and O–H groups in total. The minimum absolute atomic E-state index is 0.398. The first-order valence-corrected chi connectivity index (χ1v) is 4.66. The Kier molecular flexibility index (Phi) is 1.98. The second kappa shape index (κ2) is 3.04. The number of carbonyl (C=O) groups is 1. The fourth-order valence-corrected chi connectivity index (χ4v) is 2.11. The highest BCUT2D eigenvalue weighted by Crippen LogP contribution is 2.33. The Morgan fingerprint density at radius 2 is 2.14 bits per heavy atom. The lowest BCUT2D eigenvalue weighted by Gasteiger charge is -2.08. The van der Waals surface area contributed by atoms with E-state index in [1.54, 1.807) is 0 Å². The Labute approximate surface area is 82.0 Å². The molecule has 74 valence electrons. The average molecular weight is 192 g/mol. The molecule has 14 heavy (non-hydrogen) atoms. The summed E-state index contributed by atoms with van der Waals surface area (Å²) in [6.45, 7) is 3.69. The summed E-state index contributed by atoms with van der Waals surface area (Å²) >= 11 is 0. The molecule has 0 bridgehead atoms. The van der Waals surface area contributed by atoms with E-state index in [9.17, 15) is 4.79 Å². The molecule has 1 unspecified atom stereocenters. The van der Waals surface area contributed by atoms with Crippen LogP contribution in [0.3, 0.4) is 0 Å². The van der Waals surface area contributed by atoms with E-state index in [1.165, 1.54) is 0 Å². The van der Waals surface area contributed by atoms with Crippen molar-refractivity contribution in [2.75, 3.05) is 0 Å². The summed E-state index contributed by atoms with van der Waals surface area (Å²) in [5.41, 5.74) is 2.57. The lowest BCUT2D eigenvalue weighted by molar-refractivity contribution is -0.138. The van der Waals surface area contributed by atoms with Gasteiger partial charge in [0, 0.05) is 17.0 Å². The number of nitrogens with zero attached hydrogens (tertiary/aromatic N) is 2. The summed E-state index contributed by atoms with van der Waals surface area (Å²) in [5.74, 6) is -0.433. The Hall–Kier alpha value is -1.45. The fraction of sp³-hybridized carbons (Fsp3) is 0.500. The number of fused-ring (bicyclic) bond motifs is 1. The van der Waals surface area contributed by atoms with Gasteiger partial charge in [0.1, 0.15) is 5.82 Å². The molecule has 1 atom stereocenters. The van der Waals surface area contributed by atoms with Gasteiger partial charge in [0.25, 0.3) is 0 Å². The zero-order valence-corrected chi connectivity index (χ0v) is 8.24. The quantitative estimate of drug-likeness (QED) is 0.726. The normalized spacial score (nSPS) is 19.4. The van der Waals surface area contributed by atoms with Crippen LogP contribution in [-0.2, 0) is 11.2 Å². The molecule has 4 nitrogen and oxygen atoms in total. The molecule has 1 aliphatic carbocycles. The molecule has 0 fully saturated rings. The van der Waals surface area contributed by atoms with E-state index in [2.05, 4.69) is 9.97 Å². The molecule has 0 amide bonds. The maximum Gasteiger partial charge on any atom is 0.311 e. The molecule has 1 aromatic heterocycles. The van der Waals surface area contributed by atoms with E-state index in [0.717, 1.165) is 29.2 Å². The average Bonchev–Trinajstić information content (AvgIpc) is 2.47. The van der Waals surface area contributed by atoms with Gasteiger partial charge < -0.3 is 5.11 Å². The first kappa shape index (κ1) is 9.12. The zero-order chi connectivity index (χ0) is 10.3. The highest BCUT2D eigenvalue weighted by Gasteiger charge is 2.31. The second-order valence-corrected chi connectivity index (χ2v) is 3.65. The van der Waals surface area contributed by atoms with Crippen LogP contribution in [0.1, 0.15) is 35.1 Å². The molecule has 0 aliphatic heterocycles. The first-order chi connectivity index (χ1) is 6.59. The Morgan fingerprint density at radius 1 is 1.43 bits per heavy atom. The Bertz CT molecular complexity index is 401. The largest absolute Gasteiger partial charge is 0.481 e. The van der Waals surface area contributed by atoms with Gasteiger partial charge in [0.05, 0.1) is 5.92 Å². The monoisotopic (exact) mass is 192 g/mol. The molecule has 0 radical (unpaired) electrons. The van der Waals surface area contributed by atoms with Gasteiger partial charge in [-0.3, -0.25) is 4.79 Å². The number of hydrogen-bond acceptors (Lipinski definition) is 3. The second-order valence-electron chi connectivity index (χ2n) is 3.65. The summed E-state index contributed by atoms with van der Waals surface area (Å²) in [4.78, 5) is 19.4. The van der Waals surface area contributed by atoms with E-state index in [-0.39, 0.29) is 0 Å². The number of aryl methyl sites for hydroxylation is 3. The molecule has 0 aromatic carbocycles. The van der Waals surface area contributed by atoms with Crippen LogP contribution in [0.15, 0.2) is 0 Å². The predicted molar refractivity (Wildman–Crippen MR) is 50.2 cm³/mol. The van der Waals surface area contributed by atoms with Crippen molar-refractivity contribution in [3.8, 4) is 0 Å². The fourth-order valence-electron chi connectivity index (χ4n) is 2.11. The molecule has 2 rings (SSSR count). The first-order valence-electron chi connectivity index (χ1n) is 4.66. The maximum absolute atomic E-state index is 10.9. The van der Waals surface area contributed by atoms with Crippen LogP contribution >= 0.6 is 0 Å². The van der Waals surface area contributed by atoms with Crippen LogP contribution in [0.25, 0.3) is 0 Å². The number of carboxylic acids is 1. The molecule has 1 aliphatic rings. The van der Waals surface area contributed by atoms with E-state index < -0.39 is 11.9 Å². The van der Waals surface area contributed by atoms with Gasteiger partial charge in [-0.2, -0.15) is 0 Å². The topological polar surface area (TPSA) is 63.1 Å². The number of aromatic nitrogens is 2. The molecular formula is C10H12N2O2. The minimum Gasteiger partial charge on any atom is -0.481 e. The SMILES string of the molecule is Cc1nc(C)c2c(n1)CCC2C(=O)O. The van der Waals surface area contributed by atoms with Crippen molar-refractivity contribution < 1.29 is 9.90 Å². The summed E-state index contributed by atoms with van der Waals surface area (Å²) in [6.07, 6.45) is 1.42. The molecule has 1 aromatic rings. The number of carboxylic acid groups (broad SMARTS) is 1. The highest BCUT2D eigenvalue weighted by atomic mass is 16.4. The third-order valence-electron chi connectivity index (χ3n) is 2.64. The molecule has 1 heterocycles. The van der Waals surface area contributed by atoms with Crippen LogP contribution in [0.5, 0.6) is 0 Å². The van der Waals surface area contributed by atoms with Crippen LogP contribution in [0.2, 0.25) is 0 Å². The van der Waals surface area contributed by atoms with Crippen molar-refractivity contribution in [3.05, 3.63) is 22.8 Å². The van der Waals surface area contributed by atoms with Crippen molar-refractivity contribution in [2.45, 2.75) is 32.6 Å². The summed E-state index contributed by atoms with van der Waals surface area (Å²) in [7, 11) is 0. The van der Waals surface area contributed by atoms with E-state index in [0.29, 0.717) is 6.42 Å². The minimum atomic E-state index is -0.765. The van der Waals surface area contributed by atoms with Crippen LogP contribution in [0, 0.1) is 13.8 Å². The van der Waals surface area contributed by atoms with Crippen molar-refractivity contribution in [1.29, 1.82) is 0 Å². The van der Waals surface area contributed by atoms with Crippen LogP contribution in [0.4, 0.5) is 0 Å². The van der Waals surface area contributed by atoms with Gasteiger partial charge in [-0.15, -0.1) is 0 Å². The van der Waals surface area contributed by atoms with Gasteiger partial charge >= 0.3 is 5.97 Å². The van der Waals surface area contributed by atoms with Gasteiger partial charge in [-0.25, -0.2) is 9.97 Å². The molecule has 0 spiro atoms. The predicted octanol–water partition coefficient (Wildman–Crippen LogP) is 1.21. The number of rotatable bonds is 1. The van der Waals surface area contributed by atoms with Gasteiger partial charge in [0.2, 0.25) is 0 Å². The summed E-state index contributed by atoms with van der Waals surface area (Å²) in [6, 6.07) is 0. The Morgan fingerprint density at radius 3 is 2.79 bits per heavy atom. The van der Waals surface area contributed by atoms with Crippen LogP contribution < -0.4 is 0 Å². The standard InChI is InChI=1S/C10H12N2O2/c1-5-9-7(10(13)14)3-4-8(9)12-6(2)11-5/h7H,3-4H2,1-2H3,(H,13,14). The van der Waals surface area contributed by atoms with E-state index in [4.69, 9.17) is 5.11 Å². The van der Waals surface area contributed by atoms with Gasteiger partial charge in [0.15, 0.2) is 0 Å². The maximum atomic E-state index is 10.9. The number of hydrogen-bond donors (Lipinski definition) is 1. The molecular weight excluding hydrogens is 180 g/mol. The van der Waals surface area contributed by atoms with Crippen molar-refractivity contribution in [2.24, 2.45) is 0 Å². The number of aliphatic carboxylic acids is 1. The molecule has 0 saturated heterocycles. The van der Waals surface area contributed by atoms with Gasteiger partial charge in [-0.05, 0) is 26.7 Å². The van der Waals surface area contributed by atoms with Crippen molar-refractivity contribution >= 4 is 5.97 Å². The third kappa shape index (κ3) is 1.27. The zero-order valence-electron chi connectivity index (χ0n) is 8.24. The molecule has 4 heteroatoms.